The largest absolute Gasteiger partial charge is 0.465 e. The van der Waals surface area contributed by atoms with E-state index in [0.717, 1.165) is 30.5 Å². The maximum absolute atomic E-state index is 11.6. The fraction of sp³-hybridized carbons (Fsp3) is 0.562. The van der Waals surface area contributed by atoms with Crippen molar-refractivity contribution < 1.29 is 19.4 Å². The van der Waals surface area contributed by atoms with Crippen LogP contribution < -0.4 is 0 Å². The molecule has 1 N–H and O–H groups in total. The number of aromatic nitrogens is 2. The second kappa shape index (κ2) is 6.06. The van der Waals surface area contributed by atoms with Crippen molar-refractivity contribution >= 4 is 18.1 Å². The minimum absolute atomic E-state index is 0.0107. The Hall–Kier alpha value is -2.31. The molecule has 1 saturated heterocycles. The molecule has 0 unspecified atom stereocenters. The van der Waals surface area contributed by atoms with Gasteiger partial charge in [-0.15, -0.1) is 0 Å². The van der Waals surface area contributed by atoms with Crippen LogP contribution in [-0.4, -0.2) is 51.5 Å². The molecule has 0 atom stereocenters. The number of ether oxygens (including phenoxy) is 1. The lowest BCUT2D eigenvalue weighted by Crippen LogP contribution is -2.43. The second-order valence-electron chi connectivity index (χ2n) is 6.16. The zero-order valence-electron chi connectivity index (χ0n) is 13.2. The van der Waals surface area contributed by atoms with Gasteiger partial charge in [0, 0.05) is 13.1 Å². The number of hydrogen-bond donors (Lipinski definition) is 1. The molecule has 1 fully saturated rings. The Bertz CT molecular complexity index is 642. The molecule has 0 bridgehead atoms. The van der Waals surface area contributed by atoms with Gasteiger partial charge in [-0.1, -0.05) is 6.08 Å². The minimum Gasteiger partial charge on any atom is -0.465 e. The Morgan fingerprint density at radius 2 is 2.13 bits per heavy atom. The summed E-state index contributed by atoms with van der Waals surface area (Å²) >= 11 is 0. The molecule has 0 aromatic carbocycles. The monoisotopic (exact) mass is 319 g/mol. The van der Waals surface area contributed by atoms with E-state index in [1.807, 2.05) is 12.3 Å². The summed E-state index contributed by atoms with van der Waals surface area (Å²) < 4.78 is 6.63. The summed E-state index contributed by atoms with van der Waals surface area (Å²) in [5.41, 5.74) is 2.07. The third kappa shape index (κ3) is 3.09. The maximum atomic E-state index is 11.6. The van der Waals surface area contributed by atoms with Crippen molar-refractivity contribution in [2.45, 2.75) is 32.7 Å². The fourth-order valence-electron chi connectivity index (χ4n) is 3.40. The summed E-state index contributed by atoms with van der Waals surface area (Å²) in [7, 11) is 0. The van der Waals surface area contributed by atoms with Crippen LogP contribution in [0.1, 0.15) is 31.0 Å². The van der Waals surface area contributed by atoms with Crippen LogP contribution in [0.4, 0.5) is 4.79 Å². The van der Waals surface area contributed by atoms with Gasteiger partial charge in [0.05, 0.1) is 18.5 Å². The Morgan fingerprint density at radius 3 is 2.78 bits per heavy atom. The molecule has 0 radical (unpaired) electrons. The van der Waals surface area contributed by atoms with Crippen molar-refractivity contribution in [3.63, 3.8) is 0 Å². The van der Waals surface area contributed by atoms with E-state index < -0.39 is 6.09 Å². The lowest BCUT2D eigenvalue weighted by molar-refractivity contribution is -0.144. The average molecular weight is 319 g/mol. The molecule has 7 nitrogen and oxygen atoms in total. The number of piperidine rings is 1. The Balaban J connectivity index is 1.71. The highest BCUT2D eigenvalue weighted by atomic mass is 16.5. The molecule has 1 aliphatic carbocycles. The van der Waals surface area contributed by atoms with Gasteiger partial charge in [0.25, 0.3) is 0 Å². The van der Waals surface area contributed by atoms with Crippen molar-refractivity contribution in [2.24, 2.45) is 5.41 Å². The number of esters is 1. The van der Waals surface area contributed by atoms with Gasteiger partial charge in [-0.25, -0.2) is 4.79 Å². The molecule has 2 aliphatic rings. The highest BCUT2D eigenvalue weighted by molar-refractivity contribution is 5.70. The van der Waals surface area contributed by atoms with E-state index in [1.165, 1.54) is 4.90 Å². The standard InChI is InChI=1S/C16H21N3O4/c1-2-23-14(20)11-19-13-3-4-16(9-12(13)10-17-19)5-7-18(8-6-16)15(21)22/h3-4,10H,2,5-9,11H2,1H3,(H,21,22). The van der Waals surface area contributed by atoms with E-state index in [1.54, 1.807) is 11.6 Å². The van der Waals surface area contributed by atoms with Crippen molar-refractivity contribution in [3.8, 4) is 0 Å². The number of amides is 1. The number of carboxylic acid groups (broad SMARTS) is 1. The molecule has 2 heterocycles. The molecule has 1 aromatic rings. The van der Waals surface area contributed by atoms with Crippen LogP contribution in [0, 0.1) is 5.41 Å². The predicted molar refractivity (Wildman–Crippen MR) is 82.9 cm³/mol. The number of nitrogens with zero attached hydrogens (tertiary/aromatic N) is 3. The molecular formula is C16H21N3O4. The number of fused-ring (bicyclic) bond motifs is 1. The quantitative estimate of drug-likeness (QED) is 0.858. The molecular weight excluding hydrogens is 298 g/mol. The predicted octanol–water partition coefficient (Wildman–Crippen LogP) is 1.78. The van der Waals surface area contributed by atoms with E-state index in [-0.39, 0.29) is 17.9 Å². The smallest absolute Gasteiger partial charge is 0.407 e. The first-order chi connectivity index (χ1) is 11.0. The molecule has 1 amide bonds. The molecule has 124 valence electrons. The summed E-state index contributed by atoms with van der Waals surface area (Å²) in [4.78, 5) is 24.1. The van der Waals surface area contributed by atoms with Gasteiger partial charge in [0.1, 0.15) is 6.54 Å². The van der Waals surface area contributed by atoms with Crippen LogP contribution in [0.15, 0.2) is 12.3 Å². The molecule has 0 saturated carbocycles. The molecule has 1 aromatic heterocycles. The summed E-state index contributed by atoms with van der Waals surface area (Å²) in [6.07, 6.45) is 7.62. The molecule has 3 rings (SSSR count). The minimum atomic E-state index is -0.845. The fourth-order valence-corrected chi connectivity index (χ4v) is 3.40. The third-order valence-electron chi connectivity index (χ3n) is 4.71. The normalized spacial score (nSPS) is 18.7. The van der Waals surface area contributed by atoms with Crippen LogP contribution in [0.25, 0.3) is 6.08 Å². The number of rotatable bonds is 3. The van der Waals surface area contributed by atoms with Gasteiger partial charge < -0.3 is 14.7 Å². The van der Waals surface area contributed by atoms with Gasteiger partial charge in [0.15, 0.2) is 0 Å². The number of allylic oxidation sites excluding steroid dienone is 1. The first kappa shape index (κ1) is 15.6. The topological polar surface area (TPSA) is 84.7 Å². The second-order valence-corrected chi connectivity index (χ2v) is 6.16. The molecule has 7 heteroatoms. The van der Waals surface area contributed by atoms with Crippen LogP contribution >= 0.6 is 0 Å². The first-order valence-corrected chi connectivity index (χ1v) is 7.90. The van der Waals surface area contributed by atoms with E-state index in [0.29, 0.717) is 19.7 Å². The van der Waals surface area contributed by atoms with Gasteiger partial charge in [0.2, 0.25) is 0 Å². The van der Waals surface area contributed by atoms with Crippen LogP contribution in [0.2, 0.25) is 0 Å². The van der Waals surface area contributed by atoms with Gasteiger partial charge >= 0.3 is 12.1 Å². The lowest BCUT2D eigenvalue weighted by atomic mass is 9.71. The van der Waals surface area contributed by atoms with Crippen LogP contribution in [0.5, 0.6) is 0 Å². The van der Waals surface area contributed by atoms with Gasteiger partial charge in [-0.2, -0.15) is 5.10 Å². The van der Waals surface area contributed by atoms with Crippen molar-refractivity contribution in [1.29, 1.82) is 0 Å². The molecule has 1 aliphatic heterocycles. The number of carbonyl (C=O) groups excluding carboxylic acids is 1. The van der Waals surface area contributed by atoms with Crippen molar-refractivity contribution in [2.75, 3.05) is 19.7 Å². The zero-order valence-corrected chi connectivity index (χ0v) is 13.2. The summed E-state index contributed by atoms with van der Waals surface area (Å²) in [6.45, 7) is 3.39. The number of carbonyl (C=O) groups is 2. The Kier molecular flexibility index (Phi) is 4.11. The Morgan fingerprint density at radius 1 is 1.39 bits per heavy atom. The summed E-state index contributed by atoms with van der Waals surface area (Å²) in [5.74, 6) is -0.290. The third-order valence-corrected chi connectivity index (χ3v) is 4.71. The zero-order chi connectivity index (χ0) is 16.4. The molecule has 1 spiro atoms. The highest BCUT2D eigenvalue weighted by Crippen LogP contribution is 2.41. The lowest BCUT2D eigenvalue weighted by Gasteiger charge is -2.40. The van der Waals surface area contributed by atoms with Crippen LogP contribution in [0.3, 0.4) is 0 Å². The highest BCUT2D eigenvalue weighted by Gasteiger charge is 2.37. The number of likely N-dealkylation sites (tertiary alicyclic amines) is 1. The Labute approximate surface area is 134 Å². The van der Waals surface area contributed by atoms with E-state index >= 15 is 0 Å². The van der Waals surface area contributed by atoms with Crippen molar-refractivity contribution in [1.82, 2.24) is 14.7 Å². The van der Waals surface area contributed by atoms with E-state index in [4.69, 9.17) is 9.84 Å². The maximum Gasteiger partial charge on any atom is 0.407 e. The summed E-state index contributed by atoms with van der Waals surface area (Å²) in [5, 5.41) is 13.4. The van der Waals surface area contributed by atoms with E-state index in [2.05, 4.69) is 11.2 Å². The van der Waals surface area contributed by atoms with Crippen LogP contribution in [-0.2, 0) is 22.5 Å². The number of hydrogen-bond acceptors (Lipinski definition) is 4. The average Bonchev–Trinajstić information content (AvgIpc) is 2.90. The SMILES string of the molecule is CCOC(=O)Cn1ncc2c1C=CC1(CCN(C(=O)O)CC1)C2. The molecule has 23 heavy (non-hydrogen) atoms. The van der Waals surface area contributed by atoms with Gasteiger partial charge in [-0.05, 0) is 43.2 Å². The van der Waals surface area contributed by atoms with Gasteiger partial charge in [-0.3, -0.25) is 9.48 Å². The first-order valence-electron chi connectivity index (χ1n) is 7.90. The summed E-state index contributed by atoms with van der Waals surface area (Å²) in [6, 6.07) is 0. The van der Waals surface area contributed by atoms with E-state index in [9.17, 15) is 9.59 Å². The van der Waals surface area contributed by atoms with Crippen molar-refractivity contribution in [3.05, 3.63) is 23.5 Å².